The highest BCUT2D eigenvalue weighted by Crippen LogP contribution is 2.37. The number of aryl methyl sites for hydroxylation is 2. The van der Waals surface area contributed by atoms with Gasteiger partial charge in [0.2, 0.25) is 0 Å². The summed E-state index contributed by atoms with van der Waals surface area (Å²) < 4.78 is 17.5. The highest BCUT2D eigenvalue weighted by Gasteiger charge is 2.29. The lowest BCUT2D eigenvalue weighted by atomic mass is 9.97. The third kappa shape index (κ3) is 3.41. The number of aromatic nitrogens is 3. The van der Waals surface area contributed by atoms with Crippen molar-refractivity contribution in [3.63, 3.8) is 0 Å². The van der Waals surface area contributed by atoms with E-state index in [0.29, 0.717) is 12.1 Å². The number of hydrogen-bond acceptors (Lipinski definition) is 3. The number of carbonyl (C=O) groups excluding carboxylic acids is 1. The molecule has 1 unspecified atom stereocenters. The third-order valence-electron chi connectivity index (χ3n) is 7.42. The van der Waals surface area contributed by atoms with Crippen LogP contribution >= 0.6 is 0 Å². The summed E-state index contributed by atoms with van der Waals surface area (Å²) in [5.41, 5.74) is 13.0. The van der Waals surface area contributed by atoms with E-state index in [-0.39, 0.29) is 12.5 Å². The van der Waals surface area contributed by atoms with Crippen LogP contribution in [-0.4, -0.2) is 50.7 Å². The van der Waals surface area contributed by atoms with Crippen molar-refractivity contribution < 1.29 is 9.18 Å². The first-order chi connectivity index (χ1) is 16.4. The lowest BCUT2D eigenvalue weighted by molar-refractivity contribution is 0.0725. The molecule has 1 aliphatic heterocycles. The highest BCUT2D eigenvalue weighted by atomic mass is 19.1. The van der Waals surface area contributed by atoms with E-state index < -0.39 is 12.7 Å². The first kappa shape index (κ1) is 21.4. The van der Waals surface area contributed by atoms with Crippen LogP contribution in [0.1, 0.15) is 34.3 Å². The quantitative estimate of drug-likeness (QED) is 0.470. The van der Waals surface area contributed by atoms with Crippen LogP contribution < -0.4 is 5.73 Å². The largest absolute Gasteiger partial charge is 0.337 e. The Labute approximate surface area is 198 Å². The van der Waals surface area contributed by atoms with E-state index in [9.17, 15) is 9.18 Å². The zero-order chi connectivity index (χ0) is 23.6. The smallest absolute Gasteiger partial charge is 0.254 e. The van der Waals surface area contributed by atoms with E-state index in [0.717, 1.165) is 47.0 Å². The van der Waals surface area contributed by atoms with Crippen molar-refractivity contribution in [3.05, 3.63) is 53.1 Å². The molecule has 34 heavy (non-hydrogen) atoms. The van der Waals surface area contributed by atoms with Crippen LogP contribution in [0.25, 0.3) is 33.5 Å². The number of nitrogens with two attached hydrogens (primary N) is 1. The van der Waals surface area contributed by atoms with Crippen molar-refractivity contribution in [2.45, 2.75) is 38.8 Å². The van der Waals surface area contributed by atoms with Gasteiger partial charge >= 0.3 is 0 Å². The van der Waals surface area contributed by atoms with Gasteiger partial charge in [-0.3, -0.25) is 4.79 Å². The van der Waals surface area contributed by atoms with E-state index in [1.54, 1.807) is 4.90 Å². The standard InChI is InChI=1S/C27H30FN5O/c1-16-4-3-5-19-11-24(33(25(16)19)14-17-6-7-17)26-30-22-12-21-18(10-23(22)31(26)2)8-9-32(27(21)34)15-20(29)13-28/h3-5,10-12,17,20H,6-9,13-15,29H2,1-2H3. The summed E-state index contributed by atoms with van der Waals surface area (Å²) in [7, 11) is 2.06. The molecule has 2 N–H and O–H groups in total. The minimum Gasteiger partial charge on any atom is -0.337 e. The fourth-order valence-corrected chi connectivity index (χ4v) is 5.40. The van der Waals surface area contributed by atoms with Gasteiger partial charge in [0.15, 0.2) is 5.82 Å². The minimum atomic E-state index is -0.646. The molecule has 0 bridgehead atoms. The summed E-state index contributed by atoms with van der Waals surface area (Å²) >= 11 is 0. The minimum absolute atomic E-state index is 0.0854. The van der Waals surface area contributed by atoms with E-state index in [2.05, 4.69) is 53.4 Å². The lowest BCUT2D eigenvalue weighted by Gasteiger charge is -2.30. The maximum absolute atomic E-state index is 13.1. The van der Waals surface area contributed by atoms with Crippen molar-refractivity contribution in [1.82, 2.24) is 19.0 Å². The summed E-state index contributed by atoms with van der Waals surface area (Å²) in [6.45, 7) is 3.34. The maximum atomic E-state index is 13.1. The number of fused-ring (bicyclic) bond motifs is 3. The Morgan fingerprint density at radius 1 is 1.24 bits per heavy atom. The molecule has 3 heterocycles. The third-order valence-corrected chi connectivity index (χ3v) is 7.42. The first-order valence-electron chi connectivity index (χ1n) is 12.1. The summed E-state index contributed by atoms with van der Waals surface area (Å²) in [5.74, 6) is 1.56. The van der Waals surface area contributed by atoms with Crippen molar-refractivity contribution in [3.8, 4) is 11.5 Å². The van der Waals surface area contributed by atoms with Crippen molar-refractivity contribution in [1.29, 1.82) is 0 Å². The highest BCUT2D eigenvalue weighted by molar-refractivity contribution is 6.00. The first-order valence-corrected chi connectivity index (χ1v) is 12.1. The van der Waals surface area contributed by atoms with Crippen LogP contribution in [0.5, 0.6) is 0 Å². The van der Waals surface area contributed by atoms with Gasteiger partial charge in [-0.15, -0.1) is 0 Å². The second kappa shape index (κ2) is 7.94. The van der Waals surface area contributed by atoms with Crippen LogP contribution in [0.15, 0.2) is 36.4 Å². The van der Waals surface area contributed by atoms with Gasteiger partial charge in [0, 0.05) is 37.6 Å². The number of para-hydroxylation sites is 1. The number of rotatable bonds is 6. The van der Waals surface area contributed by atoms with Crippen molar-refractivity contribution >= 4 is 27.8 Å². The predicted octanol–water partition coefficient (Wildman–Crippen LogP) is 4.21. The molecule has 7 heteroatoms. The van der Waals surface area contributed by atoms with Crippen LogP contribution in [-0.2, 0) is 20.0 Å². The molecule has 0 radical (unpaired) electrons. The zero-order valence-electron chi connectivity index (χ0n) is 19.7. The average molecular weight is 460 g/mol. The second-order valence-electron chi connectivity index (χ2n) is 10.0. The zero-order valence-corrected chi connectivity index (χ0v) is 19.7. The molecule has 1 fully saturated rings. The Balaban J connectivity index is 1.46. The number of carbonyl (C=O) groups is 1. The van der Waals surface area contributed by atoms with Gasteiger partial charge in [-0.2, -0.15) is 0 Å². The molecule has 1 atom stereocenters. The molecule has 0 saturated heterocycles. The van der Waals surface area contributed by atoms with Crippen LogP contribution in [0.4, 0.5) is 4.39 Å². The molecule has 1 amide bonds. The van der Waals surface area contributed by atoms with Crippen LogP contribution in [0, 0.1) is 12.8 Å². The van der Waals surface area contributed by atoms with E-state index in [1.165, 1.54) is 29.3 Å². The molecule has 2 aromatic carbocycles. The Morgan fingerprint density at radius 3 is 2.82 bits per heavy atom. The molecule has 1 aliphatic carbocycles. The number of imidazole rings is 1. The van der Waals surface area contributed by atoms with Gasteiger partial charge in [-0.25, -0.2) is 9.37 Å². The monoisotopic (exact) mass is 459 g/mol. The summed E-state index contributed by atoms with van der Waals surface area (Å²) in [4.78, 5) is 19.8. The Hall–Kier alpha value is -3.19. The van der Waals surface area contributed by atoms with Gasteiger partial charge in [0.1, 0.15) is 6.67 Å². The van der Waals surface area contributed by atoms with Gasteiger partial charge in [-0.1, -0.05) is 18.2 Å². The Morgan fingerprint density at radius 2 is 2.06 bits per heavy atom. The molecule has 2 aliphatic rings. The van der Waals surface area contributed by atoms with Crippen molar-refractivity contribution in [2.75, 3.05) is 19.8 Å². The molecule has 6 rings (SSSR count). The second-order valence-corrected chi connectivity index (χ2v) is 10.0. The van der Waals surface area contributed by atoms with Crippen LogP contribution in [0.3, 0.4) is 0 Å². The number of nitrogens with zero attached hydrogens (tertiary/aromatic N) is 4. The van der Waals surface area contributed by atoms with Gasteiger partial charge in [-0.05, 0) is 61.4 Å². The molecule has 4 aromatic rings. The van der Waals surface area contributed by atoms with E-state index in [4.69, 9.17) is 10.7 Å². The summed E-state index contributed by atoms with van der Waals surface area (Å²) in [6.07, 6.45) is 3.30. The summed E-state index contributed by atoms with van der Waals surface area (Å²) in [5, 5.41) is 1.23. The van der Waals surface area contributed by atoms with Crippen LogP contribution in [0.2, 0.25) is 0 Å². The number of halogens is 1. The number of alkyl halides is 1. The normalized spacial score (nSPS) is 17.1. The molecular weight excluding hydrogens is 429 g/mol. The van der Waals surface area contributed by atoms with E-state index in [1.807, 2.05) is 6.07 Å². The van der Waals surface area contributed by atoms with Gasteiger partial charge in [0.25, 0.3) is 5.91 Å². The number of hydrogen-bond donors (Lipinski definition) is 1. The van der Waals surface area contributed by atoms with Gasteiger partial charge < -0.3 is 19.8 Å². The molecule has 2 aromatic heterocycles. The SMILES string of the molecule is Cc1cccc2cc(-c3nc4cc5c(cc4n3C)CCN(CC(N)CF)C5=O)n(CC3CC3)c12. The molecular formula is C27H30FN5O. The fraction of sp³-hybridized carbons (Fsp3) is 0.407. The van der Waals surface area contributed by atoms with Crippen molar-refractivity contribution in [2.24, 2.45) is 18.7 Å². The predicted molar refractivity (Wildman–Crippen MR) is 133 cm³/mol. The maximum Gasteiger partial charge on any atom is 0.254 e. The Bertz CT molecular complexity index is 1430. The fourth-order valence-electron chi connectivity index (χ4n) is 5.40. The molecule has 176 valence electrons. The van der Waals surface area contributed by atoms with E-state index >= 15 is 0 Å². The average Bonchev–Trinajstić information content (AvgIpc) is 3.50. The summed E-state index contributed by atoms with van der Waals surface area (Å²) in [6, 6.07) is 12.1. The number of benzene rings is 2. The Kier molecular flexibility index (Phi) is 4.99. The lowest BCUT2D eigenvalue weighted by Crippen LogP contribution is -2.45. The van der Waals surface area contributed by atoms with Gasteiger partial charge in [0.05, 0.1) is 28.3 Å². The number of amides is 1. The molecule has 1 saturated carbocycles. The molecule has 6 nitrogen and oxygen atoms in total. The molecule has 0 spiro atoms. The topological polar surface area (TPSA) is 69.1 Å².